The van der Waals surface area contributed by atoms with Crippen molar-refractivity contribution in [1.82, 2.24) is 14.8 Å². The highest BCUT2D eigenvalue weighted by atomic mass is 16.2. The third-order valence-corrected chi connectivity index (χ3v) is 5.80. The van der Waals surface area contributed by atoms with Gasteiger partial charge in [-0.1, -0.05) is 0 Å². The Kier molecular flexibility index (Phi) is 3.51. The van der Waals surface area contributed by atoms with Crippen molar-refractivity contribution < 1.29 is 14.4 Å². The molecule has 2 saturated heterocycles. The summed E-state index contributed by atoms with van der Waals surface area (Å²) in [4.78, 5) is 44.6. The molecule has 2 fully saturated rings. The van der Waals surface area contributed by atoms with Gasteiger partial charge in [-0.05, 0) is 45.1 Å². The molecule has 2 atom stereocenters. The highest BCUT2D eigenvalue weighted by Gasteiger charge is 2.43. The van der Waals surface area contributed by atoms with Gasteiger partial charge < -0.3 is 14.8 Å². The third-order valence-electron chi connectivity index (χ3n) is 5.80. The molecule has 0 radical (unpaired) electrons. The second-order valence-electron chi connectivity index (χ2n) is 7.22. The number of carbonyl (C=O) groups is 3. The van der Waals surface area contributed by atoms with Crippen molar-refractivity contribution in [3.63, 3.8) is 0 Å². The van der Waals surface area contributed by atoms with Gasteiger partial charge in [-0.25, -0.2) is 0 Å². The fourth-order valence-electron chi connectivity index (χ4n) is 4.46. The number of aromatic nitrogens is 1. The quantitative estimate of drug-likeness (QED) is 0.852. The van der Waals surface area contributed by atoms with E-state index >= 15 is 0 Å². The number of rotatable bonds is 1. The SMILES string of the molecule is Cc1c(C(=O)N2C[C@@H]3CCCN3C(=O)[C@H]2C)[nH]c2c1C(=O)CCC2. The molecule has 24 heavy (non-hydrogen) atoms. The topological polar surface area (TPSA) is 73.5 Å². The minimum absolute atomic E-state index is 0.0437. The second kappa shape index (κ2) is 5.46. The van der Waals surface area contributed by atoms with E-state index in [1.54, 1.807) is 11.8 Å². The summed E-state index contributed by atoms with van der Waals surface area (Å²) in [6.45, 7) is 5.03. The van der Waals surface area contributed by atoms with Crippen LogP contribution in [0.4, 0.5) is 0 Å². The van der Waals surface area contributed by atoms with Gasteiger partial charge in [0.2, 0.25) is 5.91 Å². The van der Waals surface area contributed by atoms with Crippen molar-refractivity contribution in [3.8, 4) is 0 Å². The van der Waals surface area contributed by atoms with Gasteiger partial charge in [0.15, 0.2) is 5.78 Å². The predicted octanol–water partition coefficient (Wildman–Crippen LogP) is 1.68. The Hall–Kier alpha value is -2.11. The molecule has 2 aliphatic heterocycles. The first-order chi connectivity index (χ1) is 11.5. The van der Waals surface area contributed by atoms with Crippen LogP contribution in [-0.4, -0.2) is 57.6 Å². The lowest BCUT2D eigenvalue weighted by Crippen LogP contribution is -2.60. The zero-order valence-corrected chi connectivity index (χ0v) is 14.2. The minimum atomic E-state index is -0.442. The summed E-state index contributed by atoms with van der Waals surface area (Å²) in [6.07, 6.45) is 4.15. The number of aromatic amines is 1. The molecular formula is C18H23N3O3. The fraction of sp³-hybridized carbons (Fsp3) is 0.611. The lowest BCUT2D eigenvalue weighted by atomic mass is 9.93. The molecule has 0 saturated carbocycles. The number of H-pyrrole nitrogens is 1. The third kappa shape index (κ3) is 2.12. The van der Waals surface area contributed by atoms with E-state index in [9.17, 15) is 14.4 Å². The van der Waals surface area contributed by atoms with Gasteiger partial charge in [0.05, 0.1) is 0 Å². The second-order valence-corrected chi connectivity index (χ2v) is 7.22. The van der Waals surface area contributed by atoms with Crippen molar-refractivity contribution in [2.75, 3.05) is 13.1 Å². The van der Waals surface area contributed by atoms with Crippen molar-refractivity contribution in [1.29, 1.82) is 0 Å². The van der Waals surface area contributed by atoms with Crippen LogP contribution < -0.4 is 0 Å². The Morgan fingerprint density at radius 3 is 2.75 bits per heavy atom. The van der Waals surface area contributed by atoms with Crippen molar-refractivity contribution in [2.45, 2.75) is 58.0 Å². The summed E-state index contributed by atoms with van der Waals surface area (Å²) in [5, 5.41) is 0. The molecule has 0 aromatic carbocycles. The van der Waals surface area contributed by atoms with Crippen molar-refractivity contribution in [3.05, 3.63) is 22.5 Å². The van der Waals surface area contributed by atoms with E-state index in [2.05, 4.69) is 4.98 Å². The van der Waals surface area contributed by atoms with Crippen molar-refractivity contribution >= 4 is 17.6 Å². The molecule has 6 heteroatoms. The van der Waals surface area contributed by atoms with Gasteiger partial charge in [-0.3, -0.25) is 14.4 Å². The summed E-state index contributed by atoms with van der Waals surface area (Å²) >= 11 is 0. The van der Waals surface area contributed by atoms with Crippen LogP contribution in [-0.2, 0) is 11.2 Å². The number of amides is 2. The summed E-state index contributed by atoms with van der Waals surface area (Å²) in [7, 11) is 0. The molecule has 6 nitrogen and oxygen atoms in total. The predicted molar refractivity (Wildman–Crippen MR) is 88.0 cm³/mol. The number of fused-ring (bicyclic) bond motifs is 2. The van der Waals surface area contributed by atoms with Gasteiger partial charge in [0.1, 0.15) is 11.7 Å². The summed E-state index contributed by atoms with van der Waals surface area (Å²) < 4.78 is 0. The molecule has 1 N–H and O–H groups in total. The molecule has 1 aromatic rings. The molecule has 1 aliphatic carbocycles. The average Bonchev–Trinajstić information content (AvgIpc) is 3.16. The van der Waals surface area contributed by atoms with Crippen LogP contribution >= 0.6 is 0 Å². The van der Waals surface area contributed by atoms with E-state index in [1.807, 2.05) is 11.8 Å². The number of nitrogens with zero attached hydrogens (tertiary/aromatic N) is 2. The van der Waals surface area contributed by atoms with E-state index in [4.69, 9.17) is 0 Å². The summed E-state index contributed by atoms with van der Waals surface area (Å²) in [6, 6.07) is -0.300. The number of Topliss-reactive ketones (excluding diaryl/α,β-unsaturated/α-hetero) is 1. The molecule has 0 spiro atoms. The summed E-state index contributed by atoms with van der Waals surface area (Å²) in [5.74, 6) is 0.0121. The maximum Gasteiger partial charge on any atom is 0.271 e. The van der Waals surface area contributed by atoms with E-state index in [1.165, 1.54) is 0 Å². The summed E-state index contributed by atoms with van der Waals surface area (Å²) in [5.41, 5.74) is 2.81. The van der Waals surface area contributed by atoms with E-state index in [0.29, 0.717) is 24.2 Å². The highest BCUT2D eigenvalue weighted by molar-refractivity contribution is 6.05. The molecule has 2 amide bonds. The first kappa shape index (κ1) is 15.4. The lowest BCUT2D eigenvalue weighted by Gasteiger charge is -2.41. The normalized spacial score (nSPS) is 26.6. The number of piperazine rings is 1. The zero-order chi connectivity index (χ0) is 17.0. The Bertz CT molecular complexity index is 736. The first-order valence-electron chi connectivity index (χ1n) is 8.85. The Labute approximate surface area is 141 Å². The van der Waals surface area contributed by atoms with Crippen LogP contribution in [0.3, 0.4) is 0 Å². The minimum Gasteiger partial charge on any atom is -0.354 e. The van der Waals surface area contributed by atoms with Crippen LogP contribution in [0.1, 0.15) is 64.7 Å². The van der Waals surface area contributed by atoms with Crippen LogP contribution in [0.25, 0.3) is 0 Å². The van der Waals surface area contributed by atoms with E-state index in [-0.39, 0.29) is 23.6 Å². The largest absolute Gasteiger partial charge is 0.354 e. The van der Waals surface area contributed by atoms with E-state index in [0.717, 1.165) is 43.5 Å². The number of carbonyl (C=O) groups excluding carboxylic acids is 3. The maximum absolute atomic E-state index is 13.1. The molecule has 128 valence electrons. The van der Waals surface area contributed by atoms with Gasteiger partial charge >= 0.3 is 0 Å². The first-order valence-corrected chi connectivity index (χ1v) is 8.85. The van der Waals surface area contributed by atoms with Crippen LogP contribution in [0.15, 0.2) is 0 Å². The monoisotopic (exact) mass is 329 g/mol. The Morgan fingerprint density at radius 2 is 2.00 bits per heavy atom. The van der Waals surface area contributed by atoms with Gasteiger partial charge in [0, 0.05) is 36.8 Å². The van der Waals surface area contributed by atoms with E-state index < -0.39 is 6.04 Å². The number of hydrogen-bond donors (Lipinski definition) is 1. The Balaban J connectivity index is 1.66. The average molecular weight is 329 g/mol. The molecule has 3 heterocycles. The maximum atomic E-state index is 13.1. The Morgan fingerprint density at radius 1 is 1.21 bits per heavy atom. The highest BCUT2D eigenvalue weighted by Crippen LogP contribution is 2.30. The molecule has 4 rings (SSSR count). The van der Waals surface area contributed by atoms with Gasteiger partial charge in [-0.15, -0.1) is 0 Å². The smallest absolute Gasteiger partial charge is 0.271 e. The molecule has 3 aliphatic rings. The van der Waals surface area contributed by atoms with Gasteiger partial charge in [-0.2, -0.15) is 0 Å². The molecule has 1 aromatic heterocycles. The van der Waals surface area contributed by atoms with Crippen LogP contribution in [0.2, 0.25) is 0 Å². The number of ketones is 1. The lowest BCUT2D eigenvalue weighted by molar-refractivity contribution is -0.141. The molecule has 0 bridgehead atoms. The zero-order valence-electron chi connectivity index (χ0n) is 14.2. The van der Waals surface area contributed by atoms with Crippen LogP contribution in [0.5, 0.6) is 0 Å². The number of hydrogen-bond acceptors (Lipinski definition) is 3. The fourth-order valence-corrected chi connectivity index (χ4v) is 4.46. The molecule has 0 unspecified atom stereocenters. The van der Waals surface area contributed by atoms with Gasteiger partial charge in [0.25, 0.3) is 5.91 Å². The number of aryl methyl sites for hydroxylation is 1. The number of nitrogens with one attached hydrogen (secondary N) is 1. The molecular weight excluding hydrogens is 306 g/mol. The van der Waals surface area contributed by atoms with Crippen LogP contribution in [0, 0.1) is 6.92 Å². The standard InChI is InChI=1S/C18H23N3O3/c1-10-15-13(6-3-7-14(15)22)19-16(10)18(24)21-9-12-5-4-8-20(12)17(23)11(21)2/h11-12,19H,3-9H2,1-2H3/t11-,12+/m1/s1. The van der Waals surface area contributed by atoms with Crippen molar-refractivity contribution in [2.24, 2.45) is 0 Å².